The highest BCUT2D eigenvalue weighted by molar-refractivity contribution is 7.92. The van der Waals surface area contributed by atoms with E-state index in [0.717, 1.165) is 0 Å². The number of aromatic nitrogens is 2. The van der Waals surface area contributed by atoms with Gasteiger partial charge in [-0.05, 0) is 50.5 Å². The lowest BCUT2D eigenvalue weighted by atomic mass is 10.2. The maximum Gasteiger partial charge on any atom is 0.263 e. The largest absolute Gasteiger partial charge is 0.497 e. The zero-order valence-corrected chi connectivity index (χ0v) is 21.1. The molecule has 0 saturated carbocycles. The Morgan fingerprint density at radius 3 is 2.32 bits per heavy atom. The second kappa shape index (κ2) is 10.8. The Kier molecular flexibility index (Phi) is 7.50. The summed E-state index contributed by atoms with van der Waals surface area (Å²) < 4.78 is 48.2. The van der Waals surface area contributed by atoms with Gasteiger partial charge in [-0.25, -0.2) is 22.8 Å². The van der Waals surface area contributed by atoms with Crippen molar-refractivity contribution >= 4 is 50.0 Å². The first kappa shape index (κ1) is 25.8. The van der Waals surface area contributed by atoms with Gasteiger partial charge in [-0.2, -0.15) is 0 Å². The van der Waals surface area contributed by atoms with Gasteiger partial charge in [-0.1, -0.05) is 18.2 Å². The molecule has 0 radical (unpaired) electrons. The molecule has 3 aromatic carbocycles. The summed E-state index contributed by atoms with van der Waals surface area (Å²) in [5.41, 5.74) is 1.56. The van der Waals surface area contributed by atoms with E-state index in [2.05, 4.69) is 25.3 Å². The number of nitrogens with zero attached hydrogens (tertiary/aromatic N) is 3. The van der Waals surface area contributed by atoms with Gasteiger partial charge < -0.3 is 20.3 Å². The van der Waals surface area contributed by atoms with E-state index in [0.29, 0.717) is 16.7 Å². The van der Waals surface area contributed by atoms with Crippen molar-refractivity contribution in [1.29, 1.82) is 0 Å². The maximum atomic E-state index is 14.1. The molecule has 1 aromatic heterocycles. The minimum absolute atomic E-state index is 0.0605. The predicted molar refractivity (Wildman–Crippen MR) is 140 cm³/mol. The summed E-state index contributed by atoms with van der Waals surface area (Å²) >= 11 is 0. The minimum Gasteiger partial charge on any atom is -0.497 e. The van der Waals surface area contributed by atoms with Crippen molar-refractivity contribution in [1.82, 2.24) is 14.9 Å². The number of amides is 1. The summed E-state index contributed by atoms with van der Waals surface area (Å²) in [6.07, 6.45) is 0. The van der Waals surface area contributed by atoms with Crippen LogP contribution in [0.25, 0.3) is 11.0 Å². The van der Waals surface area contributed by atoms with E-state index >= 15 is 0 Å². The number of sulfonamides is 1. The fraction of sp³-hybridized carbons (Fsp3) is 0.160. The summed E-state index contributed by atoms with van der Waals surface area (Å²) in [6.45, 7) is 0.141. The minimum atomic E-state index is -4.15. The number of carbonyl (C=O) groups is 1. The number of hydrogen-bond acceptors (Lipinski definition) is 8. The van der Waals surface area contributed by atoms with Crippen LogP contribution in [0.2, 0.25) is 0 Å². The molecule has 0 aliphatic carbocycles. The third-order valence-electron chi connectivity index (χ3n) is 5.06. The molecule has 0 aliphatic heterocycles. The third-order valence-corrected chi connectivity index (χ3v) is 6.40. The second-order valence-electron chi connectivity index (χ2n) is 8.33. The normalized spacial score (nSPS) is 11.4. The van der Waals surface area contributed by atoms with Crippen molar-refractivity contribution in [3.05, 3.63) is 72.5 Å². The van der Waals surface area contributed by atoms with Gasteiger partial charge in [-0.15, -0.1) is 0 Å². The van der Waals surface area contributed by atoms with Crippen LogP contribution in [0.4, 0.5) is 27.4 Å². The van der Waals surface area contributed by atoms with Crippen molar-refractivity contribution in [3.8, 4) is 5.75 Å². The monoisotopic (exact) mass is 524 g/mol. The average Bonchev–Trinajstić information content (AvgIpc) is 2.83. The van der Waals surface area contributed by atoms with E-state index in [-0.39, 0.29) is 40.4 Å². The summed E-state index contributed by atoms with van der Waals surface area (Å²) in [4.78, 5) is 22.6. The summed E-state index contributed by atoms with van der Waals surface area (Å²) in [6, 6.07) is 16.7. The smallest absolute Gasteiger partial charge is 0.263 e. The molecule has 1 amide bonds. The molecular formula is C25H25FN6O4S. The van der Waals surface area contributed by atoms with Crippen LogP contribution in [0.3, 0.4) is 0 Å². The first-order valence-electron chi connectivity index (χ1n) is 11.1. The number of benzene rings is 3. The number of methoxy groups -OCH3 is 1. The molecule has 0 bridgehead atoms. The Bertz CT molecular complexity index is 1560. The van der Waals surface area contributed by atoms with Gasteiger partial charge in [0, 0.05) is 23.5 Å². The highest BCUT2D eigenvalue weighted by Crippen LogP contribution is 2.29. The lowest BCUT2D eigenvalue weighted by molar-refractivity contribution is -0.116. The highest BCUT2D eigenvalue weighted by Gasteiger charge is 2.20. The van der Waals surface area contributed by atoms with Crippen molar-refractivity contribution in [3.63, 3.8) is 0 Å². The standard InChI is InChI=1S/C25H25FN6O4S/c1-32(2)15-23(33)27-17-7-6-8-20(14-17)37(34,35)31-25-24(29-21-9-4-5-10-22(21)30-25)28-18-11-16(26)12-19(13-18)36-3/h4-14H,15H2,1-3H3,(H,27,33)(H,28,29)(H,30,31). The number of anilines is 4. The van der Waals surface area contributed by atoms with Crippen molar-refractivity contribution < 1.29 is 22.3 Å². The Morgan fingerprint density at radius 2 is 1.65 bits per heavy atom. The van der Waals surface area contributed by atoms with Crippen molar-refractivity contribution in [2.45, 2.75) is 4.90 Å². The molecule has 192 valence electrons. The number of halogens is 1. The first-order chi connectivity index (χ1) is 17.6. The number of carbonyl (C=O) groups excluding carboxylic acids is 1. The van der Waals surface area contributed by atoms with Gasteiger partial charge in [0.1, 0.15) is 11.6 Å². The van der Waals surface area contributed by atoms with Crippen LogP contribution in [0, 0.1) is 5.82 Å². The van der Waals surface area contributed by atoms with Crippen LogP contribution in [0.15, 0.2) is 71.6 Å². The molecule has 12 heteroatoms. The quantitative estimate of drug-likeness (QED) is 0.302. The Morgan fingerprint density at radius 1 is 0.946 bits per heavy atom. The number of hydrogen-bond donors (Lipinski definition) is 3. The van der Waals surface area contributed by atoms with Crippen LogP contribution in [-0.2, 0) is 14.8 Å². The van der Waals surface area contributed by atoms with Crippen LogP contribution in [0.5, 0.6) is 5.75 Å². The topological polar surface area (TPSA) is 126 Å². The highest BCUT2D eigenvalue weighted by atomic mass is 32.2. The van der Waals surface area contributed by atoms with Gasteiger partial charge in [0.15, 0.2) is 11.6 Å². The summed E-state index contributed by atoms with van der Waals surface area (Å²) in [7, 11) is 0.757. The molecule has 37 heavy (non-hydrogen) atoms. The predicted octanol–water partition coefficient (Wildman–Crippen LogP) is 3.82. The number of fused-ring (bicyclic) bond motifs is 1. The van der Waals surface area contributed by atoms with Crippen molar-refractivity contribution in [2.24, 2.45) is 0 Å². The van der Waals surface area contributed by atoms with E-state index in [9.17, 15) is 17.6 Å². The SMILES string of the molecule is COc1cc(F)cc(Nc2nc3ccccc3nc2NS(=O)(=O)c2cccc(NC(=O)CN(C)C)c2)c1. The molecule has 4 aromatic rings. The fourth-order valence-corrected chi connectivity index (χ4v) is 4.52. The second-order valence-corrected chi connectivity index (χ2v) is 10.0. The van der Waals surface area contributed by atoms with Crippen LogP contribution >= 0.6 is 0 Å². The summed E-state index contributed by atoms with van der Waals surface area (Å²) in [5.74, 6) is -0.600. The maximum absolute atomic E-state index is 14.1. The number of ether oxygens (including phenoxy) is 1. The molecule has 0 unspecified atom stereocenters. The van der Waals surface area contributed by atoms with E-state index in [1.807, 2.05) is 0 Å². The molecule has 4 rings (SSSR count). The van der Waals surface area contributed by atoms with E-state index < -0.39 is 15.8 Å². The first-order valence-corrected chi connectivity index (χ1v) is 12.6. The van der Waals surface area contributed by atoms with Gasteiger partial charge in [0.2, 0.25) is 5.91 Å². The Labute approximate surface area is 213 Å². The molecule has 0 spiro atoms. The third kappa shape index (κ3) is 6.48. The number of para-hydroxylation sites is 2. The lowest BCUT2D eigenvalue weighted by Gasteiger charge is -2.15. The molecule has 1 heterocycles. The Balaban J connectivity index is 1.69. The molecule has 10 nitrogen and oxygen atoms in total. The van der Waals surface area contributed by atoms with Gasteiger partial charge in [0.05, 0.1) is 29.6 Å². The molecule has 3 N–H and O–H groups in total. The number of likely N-dealkylation sites (N-methyl/N-ethyl adjacent to an activating group) is 1. The van der Waals surface area contributed by atoms with E-state index in [1.54, 1.807) is 49.3 Å². The molecule has 0 atom stereocenters. The van der Waals surface area contributed by atoms with Crippen LogP contribution in [-0.4, -0.2) is 56.9 Å². The number of nitrogens with one attached hydrogen (secondary N) is 3. The van der Waals surface area contributed by atoms with E-state index in [4.69, 9.17) is 4.74 Å². The van der Waals surface area contributed by atoms with Gasteiger partial charge in [-0.3, -0.25) is 9.52 Å². The fourth-order valence-electron chi connectivity index (χ4n) is 3.46. The molecule has 0 saturated heterocycles. The lowest BCUT2D eigenvalue weighted by Crippen LogP contribution is -2.27. The summed E-state index contributed by atoms with van der Waals surface area (Å²) in [5, 5.41) is 5.60. The van der Waals surface area contributed by atoms with Crippen LogP contribution in [0.1, 0.15) is 0 Å². The van der Waals surface area contributed by atoms with Gasteiger partial charge >= 0.3 is 0 Å². The molecule has 0 fully saturated rings. The molecular weight excluding hydrogens is 499 g/mol. The van der Waals surface area contributed by atoms with Crippen LogP contribution < -0.4 is 20.1 Å². The Hall–Kier alpha value is -4.29. The zero-order valence-electron chi connectivity index (χ0n) is 20.3. The zero-order chi connectivity index (χ0) is 26.6. The van der Waals surface area contributed by atoms with Gasteiger partial charge in [0.25, 0.3) is 10.0 Å². The molecule has 0 aliphatic rings. The van der Waals surface area contributed by atoms with Crippen molar-refractivity contribution in [2.75, 3.05) is 43.1 Å². The average molecular weight is 525 g/mol. The number of rotatable bonds is 9. The van der Waals surface area contributed by atoms with E-state index in [1.165, 1.54) is 43.5 Å².